The van der Waals surface area contributed by atoms with Crippen LogP contribution in [0.25, 0.3) is 0 Å². The molecular weight excluding hydrogens is 597 g/mol. The Morgan fingerprint density at radius 2 is 1.60 bits per heavy atom. The topological polar surface area (TPSA) is 96.0 Å². The zero-order valence-corrected chi connectivity index (χ0v) is 26.5. The molecule has 3 rings (SSSR count). The molecule has 0 heterocycles. The molecule has 0 fully saturated rings. The maximum atomic E-state index is 14.2. The van der Waals surface area contributed by atoms with Gasteiger partial charge in [-0.1, -0.05) is 73.4 Å². The minimum atomic E-state index is -4.22. The Morgan fingerprint density at radius 3 is 2.21 bits per heavy atom. The van der Waals surface area contributed by atoms with Crippen LogP contribution < -0.4 is 14.4 Å². The van der Waals surface area contributed by atoms with Crippen LogP contribution in [0.1, 0.15) is 46.1 Å². The van der Waals surface area contributed by atoms with Crippen molar-refractivity contribution in [3.8, 4) is 5.75 Å². The average molecular weight is 635 g/mol. The maximum Gasteiger partial charge on any atom is 0.264 e. The molecule has 2 atom stereocenters. The van der Waals surface area contributed by atoms with Gasteiger partial charge in [0.2, 0.25) is 11.8 Å². The molecule has 11 heteroatoms. The molecule has 0 bridgehead atoms. The number of amides is 2. The van der Waals surface area contributed by atoms with Crippen LogP contribution in [-0.4, -0.2) is 50.4 Å². The lowest BCUT2D eigenvalue weighted by Crippen LogP contribution is -2.53. The molecular formula is C31H37Cl2N3O5S. The van der Waals surface area contributed by atoms with Crippen molar-refractivity contribution in [1.29, 1.82) is 0 Å². The number of para-hydroxylation sites is 2. The van der Waals surface area contributed by atoms with E-state index in [4.69, 9.17) is 27.9 Å². The number of halogens is 2. The molecule has 3 aromatic rings. The van der Waals surface area contributed by atoms with E-state index < -0.39 is 28.5 Å². The number of anilines is 1. The third kappa shape index (κ3) is 8.18. The van der Waals surface area contributed by atoms with E-state index in [1.165, 1.54) is 17.0 Å². The Hall–Kier alpha value is -3.27. The molecule has 0 radical (unpaired) electrons. The van der Waals surface area contributed by atoms with E-state index in [9.17, 15) is 18.0 Å². The molecule has 0 saturated carbocycles. The lowest BCUT2D eigenvalue weighted by molar-refractivity contribution is -0.140. The number of nitrogens with one attached hydrogen (secondary N) is 1. The molecule has 0 aliphatic carbocycles. The van der Waals surface area contributed by atoms with Gasteiger partial charge in [-0.3, -0.25) is 13.9 Å². The van der Waals surface area contributed by atoms with E-state index in [-0.39, 0.29) is 29.1 Å². The number of hydrogen-bond donors (Lipinski definition) is 1. The second kappa shape index (κ2) is 15.3. The maximum absolute atomic E-state index is 14.2. The summed E-state index contributed by atoms with van der Waals surface area (Å²) in [4.78, 5) is 29.1. The lowest BCUT2D eigenvalue weighted by Gasteiger charge is -2.34. The summed E-state index contributed by atoms with van der Waals surface area (Å²) in [7, 11) is -4.22. The third-order valence-electron chi connectivity index (χ3n) is 6.79. The van der Waals surface area contributed by atoms with Crippen LogP contribution in [0.3, 0.4) is 0 Å². The van der Waals surface area contributed by atoms with Crippen molar-refractivity contribution in [2.75, 3.05) is 17.5 Å². The first-order chi connectivity index (χ1) is 20.0. The number of sulfonamides is 1. The van der Waals surface area contributed by atoms with Crippen LogP contribution in [0.15, 0.2) is 77.7 Å². The molecule has 2 amide bonds. The van der Waals surface area contributed by atoms with E-state index in [0.717, 1.165) is 4.31 Å². The van der Waals surface area contributed by atoms with Crippen molar-refractivity contribution >= 4 is 50.7 Å². The van der Waals surface area contributed by atoms with Crippen LogP contribution in [0.2, 0.25) is 10.0 Å². The van der Waals surface area contributed by atoms with E-state index >= 15 is 0 Å². The zero-order valence-electron chi connectivity index (χ0n) is 24.2. The van der Waals surface area contributed by atoms with E-state index in [0.29, 0.717) is 40.8 Å². The normalized spacial score (nSPS) is 12.7. The Labute approximate surface area is 258 Å². The molecule has 3 aromatic carbocycles. The first-order valence-corrected chi connectivity index (χ1v) is 16.1. The number of ether oxygens (including phenoxy) is 1. The summed E-state index contributed by atoms with van der Waals surface area (Å²) in [5, 5.41) is 3.71. The number of benzene rings is 3. The van der Waals surface area contributed by atoms with Gasteiger partial charge in [0.25, 0.3) is 10.0 Å². The number of nitrogens with zero attached hydrogens (tertiary/aromatic N) is 2. The predicted octanol–water partition coefficient (Wildman–Crippen LogP) is 6.31. The highest BCUT2D eigenvalue weighted by Crippen LogP contribution is 2.33. The standard InChI is InChI=1S/C31H37Cl2N3O5S/c1-5-22(4)34-31(38)27(6-2)35(20-23-17-18-24(32)19-26(23)33)30(37)21-36(28-15-11-12-16-29(28)41-7-3)42(39,40)25-13-9-8-10-14-25/h8-19,22,27H,5-7,20-21H2,1-4H3,(H,34,38)/t22-,27+/m0/s1. The van der Waals surface area contributed by atoms with Crippen molar-refractivity contribution < 1.29 is 22.7 Å². The highest BCUT2D eigenvalue weighted by atomic mass is 35.5. The van der Waals surface area contributed by atoms with Gasteiger partial charge in [-0.05, 0) is 68.7 Å². The van der Waals surface area contributed by atoms with Crippen molar-refractivity contribution in [3.63, 3.8) is 0 Å². The van der Waals surface area contributed by atoms with Gasteiger partial charge in [0.1, 0.15) is 18.3 Å². The number of carbonyl (C=O) groups excluding carboxylic acids is 2. The molecule has 0 aliphatic heterocycles. The smallest absolute Gasteiger partial charge is 0.264 e. The molecule has 42 heavy (non-hydrogen) atoms. The summed E-state index contributed by atoms with van der Waals surface area (Å²) in [6, 6.07) is 18.4. The highest BCUT2D eigenvalue weighted by Gasteiger charge is 2.35. The fourth-order valence-corrected chi connectivity index (χ4v) is 6.28. The van der Waals surface area contributed by atoms with Crippen molar-refractivity contribution in [2.45, 2.75) is 64.1 Å². The summed E-state index contributed by atoms with van der Waals surface area (Å²) in [6.07, 6.45) is 0.997. The largest absolute Gasteiger partial charge is 0.492 e. The average Bonchev–Trinajstić information content (AvgIpc) is 2.97. The molecule has 0 unspecified atom stereocenters. The highest BCUT2D eigenvalue weighted by molar-refractivity contribution is 7.92. The van der Waals surface area contributed by atoms with E-state index in [2.05, 4.69) is 5.32 Å². The van der Waals surface area contributed by atoms with Gasteiger partial charge in [-0.2, -0.15) is 0 Å². The molecule has 1 N–H and O–H groups in total. The lowest BCUT2D eigenvalue weighted by atomic mass is 10.1. The summed E-state index contributed by atoms with van der Waals surface area (Å²) < 4.78 is 34.9. The molecule has 0 aliphatic rings. The Balaban J connectivity index is 2.12. The van der Waals surface area contributed by atoms with Crippen LogP contribution in [0.4, 0.5) is 5.69 Å². The number of rotatable bonds is 14. The summed E-state index contributed by atoms with van der Waals surface area (Å²) in [6.45, 7) is 7.09. The summed E-state index contributed by atoms with van der Waals surface area (Å²) in [5.74, 6) is -0.614. The fourth-order valence-electron chi connectivity index (χ4n) is 4.37. The Bertz CT molecular complexity index is 1470. The Kier molecular flexibility index (Phi) is 12.1. The van der Waals surface area contributed by atoms with Crippen molar-refractivity contribution in [3.05, 3.63) is 88.4 Å². The minimum Gasteiger partial charge on any atom is -0.492 e. The van der Waals surface area contributed by atoms with Gasteiger partial charge in [0.05, 0.1) is 17.2 Å². The number of carbonyl (C=O) groups is 2. The van der Waals surface area contributed by atoms with E-state index in [1.54, 1.807) is 74.5 Å². The predicted molar refractivity (Wildman–Crippen MR) is 168 cm³/mol. The monoisotopic (exact) mass is 633 g/mol. The number of hydrogen-bond acceptors (Lipinski definition) is 5. The van der Waals surface area contributed by atoms with Crippen LogP contribution >= 0.6 is 23.2 Å². The van der Waals surface area contributed by atoms with Crippen LogP contribution in [-0.2, 0) is 26.2 Å². The zero-order chi connectivity index (χ0) is 30.9. The second-order valence-electron chi connectivity index (χ2n) is 9.72. The van der Waals surface area contributed by atoms with Gasteiger partial charge in [0, 0.05) is 22.6 Å². The SMILES string of the molecule is CCOc1ccccc1N(CC(=O)N(Cc1ccc(Cl)cc1Cl)[C@H](CC)C(=O)N[C@@H](C)CC)S(=O)(=O)c1ccccc1. The molecule has 0 aromatic heterocycles. The van der Waals surface area contributed by atoms with Crippen molar-refractivity contribution in [2.24, 2.45) is 0 Å². The van der Waals surface area contributed by atoms with E-state index in [1.807, 2.05) is 13.8 Å². The van der Waals surface area contributed by atoms with Gasteiger partial charge >= 0.3 is 0 Å². The molecule has 0 spiro atoms. The first-order valence-electron chi connectivity index (χ1n) is 13.9. The van der Waals surface area contributed by atoms with Crippen molar-refractivity contribution in [1.82, 2.24) is 10.2 Å². The van der Waals surface area contributed by atoms with Crippen LogP contribution in [0.5, 0.6) is 5.75 Å². The fraction of sp³-hybridized carbons (Fsp3) is 0.355. The third-order valence-corrected chi connectivity index (χ3v) is 9.15. The Morgan fingerprint density at radius 1 is 0.929 bits per heavy atom. The quantitative estimate of drug-likeness (QED) is 0.224. The van der Waals surface area contributed by atoms with Crippen LogP contribution in [0, 0.1) is 0 Å². The molecule has 0 saturated heterocycles. The van der Waals surface area contributed by atoms with Gasteiger partial charge < -0.3 is 15.0 Å². The summed E-state index contributed by atoms with van der Waals surface area (Å²) in [5.41, 5.74) is 0.773. The van der Waals surface area contributed by atoms with Gasteiger partial charge in [-0.25, -0.2) is 8.42 Å². The molecule has 8 nitrogen and oxygen atoms in total. The minimum absolute atomic E-state index is 0.0120. The second-order valence-corrected chi connectivity index (χ2v) is 12.4. The molecule has 226 valence electrons. The first kappa shape index (κ1) is 33.2. The summed E-state index contributed by atoms with van der Waals surface area (Å²) >= 11 is 12.6. The van der Waals surface area contributed by atoms with Gasteiger partial charge in [-0.15, -0.1) is 0 Å². The van der Waals surface area contributed by atoms with Gasteiger partial charge in [0.15, 0.2) is 0 Å².